The van der Waals surface area contributed by atoms with Crippen molar-refractivity contribution in [3.63, 3.8) is 0 Å². The van der Waals surface area contributed by atoms with E-state index in [0.29, 0.717) is 18.1 Å². The number of ether oxygens (including phenoxy) is 2. The van der Waals surface area contributed by atoms with E-state index in [9.17, 15) is 9.59 Å². The third-order valence-electron chi connectivity index (χ3n) is 4.52. The Labute approximate surface area is 179 Å². The molecule has 0 N–H and O–H groups in total. The Hall–Kier alpha value is -4.01. The molecule has 160 valence electrons. The van der Waals surface area contributed by atoms with Crippen molar-refractivity contribution in [2.24, 2.45) is 0 Å². The molecule has 3 aromatic rings. The lowest BCUT2D eigenvalue weighted by molar-refractivity contribution is -0.147. The average Bonchev–Trinajstić information content (AvgIpc) is 3.22. The van der Waals surface area contributed by atoms with Crippen molar-refractivity contribution in [2.75, 3.05) is 20.8 Å². The van der Waals surface area contributed by atoms with Crippen molar-refractivity contribution in [1.29, 1.82) is 0 Å². The fraction of sp³-hybridized carbons (Fsp3) is 0.227. The number of hydrogen-bond acceptors (Lipinski definition) is 7. The van der Waals surface area contributed by atoms with Crippen LogP contribution in [-0.2, 0) is 20.9 Å². The van der Waals surface area contributed by atoms with Gasteiger partial charge in [0.15, 0.2) is 18.1 Å². The molecule has 1 heterocycles. The number of tetrazole rings is 1. The van der Waals surface area contributed by atoms with Gasteiger partial charge in [-0.05, 0) is 35.1 Å². The smallest absolute Gasteiger partial charge is 0.357 e. The van der Waals surface area contributed by atoms with Crippen molar-refractivity contribution in [2.45, 2.75) is 13.5 Å². The molecule has 0 aliphatic rings. The quantitative estimate of drug-likeness (QED) is 0.406. The van der Waals surface area contributed by atoms with Gasteiger partial charge in [0.25, 0.3) is 5.91 Å². The molecule has 0 atom stereocenters. The van der Waals surface area contributed by atoms with Crippen LogP contribution in [0.3, 0.4) is 0 Å². The molecular formula is C22H23N5O4. The minimum absolute atomic E-state index is 0.105. The molecule has 31 heavy (non-hydrogen) atoms. The molecular weight excluding hydrogens is 398 g/mol. The molecule has 0 fully saturated rings. The molecule has 1 amide bonds. The third kappa shape index (κ3) is 5.53. The molecule has 0 radical (unpaired) electrons. The minimum Gasteiger partial charge on any atom is -0.496 e. The monoisotopic (exact) mass is 421 g/mol. The fourth-order valence-corrected chi connectivity index (χ4v) is 2.86. The normalized spacial score (nSPS) is 11.1. The van der Waals surface area contributed by atoms with Crippen LogP contribution < -0.4 is 4.74 Å². The van der Waals surface area contributed by atoms with E-state index in [2.05, 4.69) is 15.5 Å². The Morgan fingerprint density at radius 3 is 2.48 bits per heavy atom. The largest absolute Gasteiger partial charge is 0.496 e. The van der Waals surface area contributed by atoms with Gasteiger partial charge in [0.1, 0.15) is 5.75 Å². The highest BCUT2D eigenvalue weighted by Gasteiger charge is 2.20. The number of esters is 1. The molecule has 9 nitrogen and oxygen atoms in total. The number of likely N-dealkylation sites (N-methyl/N-ethyl adjacent to an activating group) is 1. The van der Waals surface area contributed by atoms with Crippen LogP contribution in [0.15, 0.2) is 54.6 Å². The molecule has 0 unspecified atom stereocenters. The minimum atomic E-state index is -0.710. The van der Waals surface area contributed by atoms with E-state index in [4.69, 9.17) is 9.47 Å². The Kier molecular flexibility index (Phi) is 7.10. The molecule has 0 aliphatic heterocycles. The van der Waals surface area contributed by atoms with Gasteiger partial charge in [0.2, 0.25) is 0 Å². The number of rotatable bonds is 8. The second-order valence-electron chi connectivity index (χ2n) is 6.72. The highest BCUT2D eigenvalue weighted by Crippen LogP contribution is 2.19. The number of aromatic nitrogens is 4. The van der Waals surface area contributed by atoms with Gasteiger partial charge in [-0.1, -0.05) is 48.5 Å². The lowest BCUT2D eigenvalue weighted by Crippen LogP contribution is -2.31. The topological polar surface area (TPSA) is 99.4 Å². The number of benzene rings is 2. The van der Waals surface area contributed by atoms with Crippen molar-refractivity contribution >= 4 is 23.6 Å². The maximum absolute atomic E-state index is 12.8. The molecule has 0 spiro atoms. The molecule has 0 saturated heterocycles. The summed E-state index contributed by atoms with van der Waals surface area (Å²) in [5.41, 5.74) is 1.72. The van der Waals surface area contributed by atoms with E-state index in [1.807, 2.05) is 54.6 Å². The SMILES string of the molecule is COc1ccccc1CN(C)C(=O)COC(=O)/C(=C/c1ccccc1)n1nnnc1C. The lowest BCUT2D eigenvalue weighted by atomic mass is 10.2. The second-order valence-corrected chi connectivity index (χ2v) is 6.72. The molecule has 9 heteroatoms. The van der Waals surface area contributed by atoms with Crippen molar-refractivity contribution in [3.05, 3.63) is 71.5 Å². The van der Waals surface area contributed by atoms with E-state index < -0.39 is 12.6 Å². The van der Waals surface area contributed by atoms with Crippen LogP contribution in [0.5, 0.6) is 5.75 Å². The summed E-state index contributed by atoms with van der Waals surface area (Å²) in [5.74, 6) is 0.0326. The predicted octanol–water partition coefficient (Wildman–Crippen LogP) is 2.19. The summed E-state index contributed by atoms with van der Waals surface area (Å²) in [6.45, 7) is 1.56. The van der Waals surface area contributed by atoms with Gasteiger partial charge in [-0.25, -0.2) is 4.79 Å². The van der Waals surface area contributed by atoms with E-state index >= 15 is 0 Å². The predicted molar refractivity (Wildman–Crippen MR) is 114 cm³/mol. The molecule has 0 aliphatic carbocycles. The maximum atomic E-state index is 12.8. The number of nitrogens with zero attached hydrogens (tertiary/aromatic N) is 5. The summed E-state index contributed by atoms with van der Waals surface area (Å²) in [5, 5.41) is 11.2. The standard InChI is InChI=1S/C22H23N5O4/c1-16-23-24-25-27(16)19(13-17-9-5-4-6-10-17)22(29)31-15-21(28)26(2)14-18-11-7-8-12-20(18)30-3/h4-13H,14-15H2,1-3H3/b19-13-. The Bertz CT molecular complexity index is 1080. The van der Waals surface area contributed by atoms with Crippen LogP contribution >= 0.6 is 0 Å². The number of aryl methyl sites for hydroxylation is 1. The average molecular weight is 421 g/mol. The number of carbonyl (C=O) groups excluding carboxylic acids is 2. The number of para-hydroxylation sites is 1. The first kappa shape index (κ1) is 21.7. The van der Waals surface area contributed by atoms with Gasteiger partial charge in [-0.3, -0.25) is 4.79 Å². The molecule has 3 rings (SSSR count). The highest BCUT2D eigenvalue weighted by molar-refractivity contribution is 6.15. The van der Waals surface area contributed by atoms with Crippen molar-refractivity contribution < 1.29 is 19.1 Å². The van der Waals surface area contributed by atoms with Crippen LogP contribution in [0.2, 0.25) is 0 Å². The summed E-state index contributed by atoms with van der Waals surface area (Å²) in [6, 6.07) is 16.6. The van der Waals surface area contributed by atoms with E-state index in [0.717, 1.165) is 11.1 Å². The van der Waals surface area contributed by atoms with Gasteiger partial charge >= 0.3 is 5.97 Å². The van der Waals surface area contributed by atoms with Gasteiger partial charge < -0.3 is 14.4 Å². The van der Waals surface area contributed by atoms with Gasteiger partial charge in [-0.15, -0.1) is 5.10 Å². The van der Waals surface area contributed by atoms with Crippen molar-refractivity contribution in [1.82, 2.24) is 25.1 Å². The Morgan fingerprint density at radius 1 is 1.10 bits per heavy atom. The summed E-state index contributed by atoms with van der Waals surface area (Å²) >= 11 is 0. The van der Waals surface area contributed by atoms with Crippen LogP contribution in [0.1, 0.15) is 17.0 Å². The van der Waals surface area contributed by atoms with Crippen LogP contribution in [0.25, 0.3) is 11.8 Å². The Balaban J connectivity index is 1.70. The lowest BCUT2D eigenvalue weighted by Gasteiger charge is -2.19. The number of hydrogen-bond donors (Lipinski definition) is 0. The molecule has 2 aromatic carbocycles. The zero-order valence-corrected chi connectivity index (χ0v) is 17.6. The summed E-state index contributed by atoms with van der Waals surface area (Å²) in [6.07, 6.45) is 1.61. The van der Waals surface area contributed by atoms with E-state index in [1.165, 1.54) is 9.58 Å². The van der Waals surface area contributed by atoms with Crippen LogP contribution in [-0.4, -0.2) is 57.7 Å². The molecule has 0 bridgehead atoms. The van der Waals surface area contributed by atoms with Crippen molar-refractivity contribution in [3.8, 4) is 5.75 Å². The summed E-state index contributed by atoms with van der Waals surface area (Å²) in [4.78, 5) is 26.8. The fourth-order valence-electron chi connectivity index (χ4n) is 2.86. The molecule has 1 aromatic heterocycles. The van der Waals surface area contributed by atoms with E-state index in [-0.39, 0.29) is 11.6 Å². The van der Waals surface area contributed by atoms with Gasteiger partial charge in [-0.2, -0.15) is 4.68 Å². The van der Waals surface area contributed by atoms with Gasteiger partial charge in [0.05, 0.1) is 7.11 Å². The first-order valence-corrected chi connectivity index (χ1v) is 9.54. The molecule has 0 saturated carbocycles. The van der Waals surface area contributed by atoms with E-state index in [1.54, 1.807) is 27.2 Å². The zero-order chi connectivity index (χ0) is 22.2. The second kappa shape index (κ2) is 10.1. The van der Waals surface area contributed by atoms with Gasteiger partial charge in [0, 0.05) is 19.2 Å². The van der Waals surface area contributed by atoms with Crippen LogP contribution in [0.4, 0.5) is 0 Å². The number of carbonyl (C=O) groups is 2. The first-order chi connectivity index (χ1) is 15.0. The Morgan fingerprint density at radius 2 is 1.81 bits per heavy atom. The summed E-state index contributed by atoms with van der Waals surface area (Å²) in [7, 11) is 3.21. The highest BCUT2D eigenvalue weighted by atomic mass is 16.5. The summed E-state index contributed by atoms with van der Waals surface area (Å²) < 4.78 is 11.9. The maximum Gasteiger partial charge on any atom is 0.357 e. The number of methoxy groups -OCH3 is 1. The first-order valence-electron chi connectivity index (χ1n) is 9.54. The third-order valence-corrected chi connectivity index (χ3v) is 4.52. The zero-order valence-electron chi connectivity index (χ0n) is 17.6. The number of amides is 1. The van der Waals surface area contributed by atoms with Crippen LogP contribution in [0, 0.1) is 6.92 Å².